The van der Waals surface area contributed by atoms with Crippen LogP contribution < -0.4 is 5.32 Å². The molecule has 0 heterocycles. The number of hydrogen-bond donors (Lipinski definition) is 1. The minimum atomic E-state index is -0.453. The fraction of sp³-hybridized carbons (Fsp3) is 0.417. The van der Waals surface area contributed by atoms with Gasteiger partial charge < -0.3 is 0 Å². The van der Waals surface area contributed by atoms with Crippen LogP contribution in [0.5, 0.6) is 0 Å². The summed E-state index contributed by atoms with van der Waals surface area (Å²) in [4.78, 5) is 0. The van der Waals surface area contributed by atoms with Crippen LogP contribution in [0.25, 0.3) is 0 Å². The molecule has 0 aliphatic rings. The summed E-state index contributed by atoms with van der Waals surface area (Å²) in [5, 5.41) is 13.2. The van der Waals surface area contributed by atoms with Crippen molar-refractivity contribution >= 4 is 23.2 Å². The highest BCUT2D eigenvalue weighted by molar-refractivity contribution is 6.42. The van der Waals surface area contributed by atoms with Crippen LogP contribution in [-0.2, 0) is 0 Å². The quantitative estimate of drug-likeness (QED) is 0.870. The average molecular weight is 257 g/mol. The Kier molecular flexibility index (Phi) is 4.21. The lowest BCUT2D eigenvalue weighted by molar-refractivity contribution is 0.400. The Balaban J connectivity index is 3.06. The molecule has 1 atom stereocenters. The van der Waals surface area contributed by atoms with E-state index in [1.807, 2.05) is 20.8 Å². The van der Waals surface area contributed by atoms with Crippen molar-refractivity contribution in [2.45, 2.75) is 32.4 Å². The molecule has 0 radical (unpaired) electrons. The normalized spacial score (nSPS) is 13.2. The third-order valence-electron chi connectivity index (χ3n) is 2.00. The van der Waals surface area contributed by atoms with Crippen LogP contribution in [0.15, 0.2) is 18.2 Å². The Bertz CT molecular complexity index is 416. The molecule has 0 saturated carbocycles. The first-order chi connectivity index (χ1) is 7.35. The van der Waals surface area contributed by atoms with Gasteiger partial charge in [0.1, 0.15) is 6.04 Å². The highest BCUT2D eigenvalue weighted by Crippen LogP contribution is 2.30. The maximum Gasteiger partial charge on any atom is 0.123 e. The minimum Gasteiger partial charge on any atom is -0.293 e. The summed E-state index contributed by atoms with van der Waals surface area (Å²) in [5.41, 5.74) is 0.554. The van der Waals surface area contributed by atoms with E-state index in [0.717, 1.165) is 0 Å². The molecule has 0 amide bonds. The van der Waals surface area contributed by atoms with Crippen LogP contribution in [-0.4, -0.2) is 5.54 Å². The smallest absolute Gasteiger partial charge is 0.123 e. The molecule has 1 unspecified atom stereocenters. The summed E-state index contributed by atoms with van der Waals surface area (Å²) < 4.78 is 0. The lowest BCUT2D eigenvalue weighted by atomic mass is 10.0. The van der Waals surface area contributed by atoms with E-state index in [1.54, 1.807) is 18.2 Å². The van der Waals surface area contributed by atoms with Gasteiger partial charge in [-0.15, -0.1) is 0 Å². The first-order valence-electron chi connectivity index (χ1n) is 4.96. The summed E-state index contributed by atoms with van der Waals surface area (Å²) in [6, 6.07) is 7.04. The molecule has 0 saturated heterocycles. The molecule has 0 aromatic heterocycles. The Morgan fingerprint density at radius 3 is 2.44 bits per heavy atom. The van der Waals surface area contributed by atoms with E-state index < -0.39 is 6.04 Å². The van der Waals surface area contributed by atoms with Gasteiger partial charge in [0.2, 0.25) is 0 Å². The molecule has 86 valence electrons. The lowest BCUT2D eigenvalue weighted by Crippen LogP contribution is -2.38. The van der Waals surface area contributed by atoms with Crippen LogP contribution in [0.1, 0.15) is 32.4 Å². The van der Waals surface area contributed by atoms with Crippen molar-refractivity contribution in [1.82, 2.24) is 5.32 Å². The van der Waals surface area contributed by atoms with E-state index in [-0.39, 0.29) is 5.54 Å². The van der Waals surface area contributed by atoms with Crippen molar-refractivity contribution < 1.29 is 0 Å². The van der Waals surface area contributed by atoms with Gasteiger partial charge >= 0.3 is 0 Å². The zero-order valence-corrected chi connectivity index (χ0v) is 11.0. The standard InChI is InChI=1S/C12H14Cl2N2/c1-12(2,3)16-10(7-15)8-5-4-6-9(13)11(8)14/h4-6,10,16H,1-3H3. The van der Waals surface area contributed by atoms with Gasteiger partial charge in [-0.3, -0.25) is 5.32 Å². The molecule has 1 aromatic carbocycles. The first-order valence-corrected chi connectivity index (χ1v) is 5.72. The molecule has 16 heavy (non-hydrogen) atoms. The van der Waals surface area contributed by atoms with Crippen LogP contribution >= 0.6 is 23.2 Å². The third kappa shape index (κ3) is 3.38. The molecular weight excluding hydrogens is 243 g/mol. The van der Waals surface area contributed by atoms with Crippen molar-refractivity contribution in [1.29, 1.82) is 5.26 Å². The molecule has 4 heteroatoms. The number of nitriles is 1. The Labute approximate surface area is 106 Å². The van der Waals surface area contributed by atoms with Crippen molar-refractivity contribution in [2.24, 2.45) is 0 Å². The second kappa shape index (κ2) is 5.05. The van der Waals surface area contributed by atoms with Crippen molar-refractivity contribution in [3.05, 3.63) is 33.8 Å². The maximum atomic E-state index is 9.14. The summed E-state index contributed by atoms with van der Waals surface area (Å²) in [6.07, 6.45) is 0. The van der Waals surface area contributed by atoms with Gasteiger partial charge in [0.05, 0.1) is 16.1 Å². The Hall–Kier alpha value is -0.750. The monoisotopic (exact) mass is 256 g/mol. The van der Waals surface area contributed by atoms with Crippen molar-refractivity contribution in [3.8, 4) is 6.07 Å². The van der Waals surface area contributed by atoms with E-state index in [9.17, 15) is 0 Å². The minimum absolute atomic E-state index is 0.161. The molecule has 0 bridgehead atoms. The molecule has 1 N–H and O–H groups in total. The highest BCUT2D eigenvalue weighted by atomic mass is 35.5. The molecule has 1 aromatic rings. The molecule has 0 fully saturated rings. The SMILES string of the molecule is CC(C)(C)NC(C#N)c1cccc(Cl)c1Cl. The summed E-state index contributed by atoms with van der Waals surface area (Å²) >= 11 is 12.0. The zero-order valence-electron chi connectivity index (χ0n) is 9.51. The summed E-state index contributed by atoms with van der Waals surface area (Å²) in [5.74, 6) is 0. The van der Waals surface area contributed by atoms with E-state index in [2.05, 4.69) is 11.4 Å². The third-order valence-corrected chi connectivity index (χ3v) is 2.83. The van der Waals surface area contributed by atoms with E-state index in [4.69, 9.17) is 28.5 Å². The number of benzene rings is 1. The van der Waals surface area contributed by atoms with E-state index in [1.165, 1.54) is 0 Å². The number of halogens is 2. The topological polar surface area (TPSA) is 35.8 Å². The zero-order chi connectivity index (χ0) is 12.3. The van der Waals surface area contributed by atoms with Crippen LogP contribution in [0.2, 0.25) is 10.0 Å². The fourth-order valence-electron chi connectivity index (χ4n) is 1.36. The maximum absolute atomic E-state index is 9.14. The summed E-state index contributed by atoms with van der Waals surface area (Å²) in [6.45, 7) is 5.99. The van der Waals surface area contributed by atoms with Crippen molar-refractivity contribution in [2.75, 3.05) is 0 Å². The molecular formula is C12H14Cl2N2. The van der Waals surface area contributed by atoms with E-state index >= 15 is 0 Å². The van der Waals surface area contributed by atoms with Gasteiger partial charge in [-0.25, -0.2) is 0 Å². The van der Waals surface area contributed by atoms with Gasteiger partial charge in [0, 0.05) is 11.1 Å². The number of rotatable bonds is 2. The second-order valence-electron chi connectivity index (χ2n) is 4.60. The highest BCUT2D eigenvalue weighted by Gasteiger charge is 2.21. The van der Waals surface area contributed by atoms with Crippen LogP contribution in [0, 0.1) is 11.3 Å². The summed E-state index contributed by atoms with van der Waals surface area (Å²) in [7, 11) is 0. The molecule has 0 aliphatic heterocycles. The molecule has 2 nitrogen and oxygen atoms in total. The van der Waals surface area contributed by atoms with Gasteiger partial charge in [-0.05, 0) is 26.8 Å². The first kappa shape index (κ1) is 13.3. The molecule has 0 aliphatic carbocycles. The molecule has 1 rings (SSSR count). The van der Waals surface area contributed by atoms with Gasteiger partial charge in [0.25, 0.3) is 0 Å². The number of nitrogens with one attached hydrogen (secondary N) is 1. The Morgan fingerprint density at radius 1 is 1.31 bits per heavy atom. The van der Waals surface area contributed by atoms with Crippen LogP contribution in [0.3, 0.4) is 0 Å². The predicted octanol–water partition coefficient (Wildman–Crippen LogP) is 3.95. The molecule has 0 spiro atoms. The van der Waals surface area contributed by atoms with Crippen molar-refractivity contribution in [3.63, 3.8) is 0 Å². The van der Waals surface area contributed by atoms with Gasteiger partial charge in [-0.1, -0.05) is 35.3 Å². The number of nitrogens with zero attached hydrogens (tertiary/aromatic N) is 1. The van der Waals surface area contributed by atoms with Gasteiger partial charge in [-0.2, -0.15) is 5.26 Å². The predicted molar refractivity (Wildman–Crippen MR) is 67.7 cm³/mol. The Morgan fingerprint density at radius 2 is 1.94 bits per heavy atom. The number of hydrogen-bond acceptors (Lipinski definition) is 2. The van der Waals surface area contributed by atoms with E-state index in [0.29, 0.717) is 15.6 Å². The lowest BCUT2D eigenvalue weighted by Gasteiger charge is -2.25. The van der Waals surface area contributed by atoms with Crippen LogP contribution in [0.4, 0.5) is 0 Å². The second-order valence-corrected chi connectivity index (χ2v) is 5.38. The largest absolute Gasteiger partial charge is 0.293 e. The fourth-order valence-corrected chi connectivity index (χ4v) is 1.77. The average Bonchev–Trinajstić information content (AvgIpc) is 2.18. The van der Waals surface area contributed by atoms with Gasteiger partial charge in [0.15, 0.2) is 0 Å².